The van der Waals surface area contributed by atoms with Crippen LogP contribution in [0.3, 0.4) is 0 Å². The zero-order valence-corrected chi connectivity index (χ0v) is 10.0. The van der Waals surface area contributed by atoms with Gasteiger partial charge in [0.05, 0.1) is 5.41 Å². The molecule has 0 spiro atoms. The third-order valence-corrected chi connectivity index (χ3v) is 2.87. The van der Waals surface area contributed by atoms with Gasteiger partial charge in [-0.1, -0.05) is 6.08 Å². The number of carbonyl (C=O) groups is 1. The van der Waals surface area contributed by atoms with Crippen LogP contribution in [0.5, 0.6) is 0 Å². The molecule has 1 amide bonds. The minimum Gasteiger partial charge on any atom is -0.374 e. The Balaban J connectivity index is 2.70. The highest BCUT2D eigenvalue weighted by atomic mass is 19.1. The molecule has 0 aromatic heterocycles. The Morgan fingerprint density at radius 2 is 2.38 bits per heavy atom. The van der Waals surface area contributed by atoms with Gasteiger partial charge in [-0.2, -0.15) is 0 Å². The van der Waals surface area contributed by atoms with E-state index < -0.39 is 18.2 Å². The van der Waals surface area contributed by atoms with Crippen LogP contribution in [0.4, 0.5) is 4.39 Å². The molecule has 92 valence electrons. The van der Waals surface area contributed by atoms with E-state index in [1.54, 1.807) is 11.0 Å². The fraction of sp³-hybridized carbons (Fsp3) is 0.750. The van der Waals surface area contributed by atoms with E-state index in [0.29, 0.717) is 19.7 Å². The van der Waals surface area contributed by atoms with Crippen LogP contribution in [0.1, 0.15) is 20.3 Å². The molecule has 0 saturated carbocycles. The first-order valence-electron chi connectivity index (χ1n) is 5.62. The Morgan fingerprint density at radius 3 is 2.94 bits per heavy atom. The van der Waals surface area contributed by atoms with Crippen molar-refractivity contribution < 1.29 is 13.9 Å². The van der Waals surface area contributed by atoms with Crippen molar-refractivity contribution in [2.24, 2.45) is 5.41 Å². The Kier molecular flexibility index (Phi) is 4.47. The van der Waals surface area contributed by atoms with Gasteiger partial charge in [-0.05, 0) is 20.3 Å². The molecule has 1 aliphatic heterocycles. The van der Waals surface area contributed by atoms with Crippen LogP contribution in [-0.4, -0.2) is 43.3 Å². The lowest BCUT2D eigenvalue weighted by Gasteiger charge is -2.29. The lowest BCUT2D eigenvalue weighted by Crippen LogP contribution is -2.43. The molecule has 0 radical (unpaired) electrons. The van der Waals surface area contributed by atoms with Gasteiger partial charge < -0.3 is 9.64 Å². The van der Waals surface area contributed by atoms with Gasteiger partial charge in [0.2, 0.25) is 5.91 Å². The van der Waals surface area contributed by atoms with Gasteiger partial charge in [0.15, 0.2) is 0 Å². The molecular weight excluding hydrogens is 209 g/mol. The van der Waals surface area contributed by atoms with E-state index in [1.807, 2.05) is 13.8 Å². The van der Waals surface area contributed by atoms with Crippen LogP contribution in [0.25, 0.3) is 0 Å². The highest BCUT2D eigenvalue weighted by Gasteiger charge is 2.31. The van der Waals surface area contributed by atoms with Gasteiger partial charge in [0.25, 0.3) is 0 Å². The zero-order chi connectivity index (χ0) is 12.2. The number of ether oxygens (including phenoxy) is 1. The predicted molar refractivity (Wildman–Crippen MR) is 60.9 cm³/mol. The van der Waals surface area contributed by atoms with E-state index in [4.69, 9.17) is 4.74 Å². The van der Waals surface area contributed by atoms with Crippen molar-refractivity contribution in [1.29, 1.82) is 0 Å². The molecule has 0 bridgehead atoms. The Bertz CT molecular complexity index is 266. The first-order chi connectivity index (χ1) is 7.51. The number of hydrogen-bond acceptors (Lipinski definition) is 2. The maximum absolute atomic E-state index is 12.6. The highest BCUT2D eigenvalue weighted by molar-refractivity contribution is 5.83. The van der Waals surface area contributed by atoms with Crippen LogP contribution < -0.4 is 0 Å². The van der Waals surface area contributed by atoms with Crippen molar-refractivity contribution in [2.45, 2.75) is 26.4 Å². The van der Waals surface area contributed by atoms with Crippen molar-refractivity contribution in [3.63, 3.8) is 0 Å². The smallest absolute Gasteiger partial charge is 0.232 e. The van der Waals surface area contributed by atoms with Crippen molar-refractivity contribution in [1.82, 2.24) is 4.90 Å². The molecule has 1 heterocycles. The van der Waals surface area contributed by atoms with Crippen molar-refractivity contribution in [2.75, 3.05) is 26.4 Å². The Hall–Kier alpha value is -0.900. The third-order valence-electron chi connectivity index (χ3n) is 2.87. The molecular formula is C12H20FNO2. The molecule has 16 heavy (non-hydrogen) atoms. The molecule has 1 atom stereocenters. The largest absolute Gasteiger partial charge is 0.374 e. The lowest BCUT2D eigenvalue weighted by molar-refractivity contribution is -0.138. The molecule has 1 aliphatic rings. The minimum atomic E-state index is -0.592. The SMILES string of the molecule is C=CC(C)(C)C(=O)N1CCCO[C@H](CF)C1. The molecule has 0 N–H and O–H groups in total. The van der Waals surface area contributed by atoms with Gasteiger partial charge in [0, 0.05) is 19.7 Å². The van der Waals surface area contributed by atoms with E-state index in [0.717, 1.165) is 6.42 Å². The number of alkyl halides is 1. The van der Waals surface area contributed by atoms with E-state index in [9.17, 15) is 9.18 Å². The summed E-state index contributed by atoms with van der Waals surface area (Å²) < 4.78 is 17.9. The topological polar surface area (TPSA) is 29.5 Å². The zero-order valence-electron chi connectivity index (χ0n) is 10.0. The van der Waals surface area contributed by atoms with Gasteiger partial charge >= 0.3 is 0 Å². The van der Waals surface area contributed by atoms with Crippen molar-refractivity contribution in [3.8, 4) is 0 Å². The molecule has 3 nitrogen and oxygen atoms in total. The second-order valence-corrected chi connectivity index (χ2v) is 4.68. The van der Waals surface area contributed by atoms with Crippen LogP contribution in [0.15, 0.2) is 12.7 Å². The molecule has 0 aromatic rings. The third kappa shape index (κ3) is 3.04. The monoisotopic (exact) mass is 229 g/mol. The second-order valence-electron chi connectivity index (χ2n) is 4.68. The summed E-state index contributed by atoms with van der Waals surface area (Å²) in [5.41, 5.74) is -0.592. The molecule has 0 aliphatic carbocycles. The summed E-state index contributed by atoms with van der Waals surface area (Å²) in [5, 5.41) is 0. The van der Waals surface area contributed by atoms with E-state index in [1.165, 1.54) is 0 Å². The van der Waals surface area contributed by atoms with E-state index in [2.05, 4.69) is 6.58 Å². The maximum Gasteiger partial charge on any atom is 0.232 e. The summed E-state index contributed by atoms with van der Waals surface area (Å²) in [7, 11) is 0. The molecule has 1 saturated heterocycles. The number of rotatable bonds is 3. The summed E-state index contributed by atoms with van der Waals surface area (Å²) >= 11 is 0. The number of amides is 1. The minimum absolute atomic E-state index is 0.00792. The molecule has 1 rings (SSSR count). The standard InChI is InChI=1S/C12H20FNO2/c1-4-12(2,3)11(15)14-6-5-7-16-10(8-13)9-14/h4,10H,1,5-9H2,2-3H3/t10-/m1/s1. The summed E-state index contributed by atoms with van der Waals surface area (Å²) in [5.74, 6) is -0.00792. The van der Waals surface area contributed by atoms with Crippen molar-refractivity contribution >= 4 is 5.91 Å². The van der Waals surface area contributed by atoms with Crippen LogP contribution in [0, 0.1) is 5.41 Å². The fourth-order valence-corrected chi connectivity index (χ4v) is 1.67. The maximum atomic E-state index is 12.6. The van der Waals surface area contributed by atoms with Crippen LogP contribution in [-0.2, 0) is 9.53 Å². The molecule has 1 fully saturated rings. The average molecular weight is 229 g/mol. The fourth-order valence-electron chi connectivity index (χ4n) is 1.67. The number of nitrogens with zero attached hydrogens (tertiary/aromatic N) is 1. The Morgan fingerprint density at radius 1 is 1.69 bits per heavy atom. The lowest BCUT2D eigenvalue weighted by atomic mass is 9.91. The van der Waals surface area contributed by atoms with E-state index in [-0.39, 0.29) is 5.91 Å². The summed E-state index contributed by atoms with van der Waals surface area (Å²) in [6, 6.07) is 0. The predicted octanol–water partition coefficient (Wildman–Crippen LogP) is 1.79. The first-order valence-corrected chi connectivity index (χ1v) is 5.62. The first kappa shape index (κ1) is 13.2. The van der Waals surface area contributed by atoms with Gasteiger partial charge in [-0.3, -0.25) is 4.79 Å². The number of halogens is 1. The van der Waals surface area contributed by atoms with Gasteiger partial charge in [0.1, 0.15) is 12.8 Å². The number of hydrogen-bond donors (Lipinski definition) is 0. The molecule has 0 unspecified atom stereocenters. The molecule has 4 heteroatoms. The molecule has 0 aromatic carbocycles. The summed E-state index contributed by atoms with van der Waals surface area (Å²) in [6.07, 6.45) is 1.91. The second kappa shape index (κ2) is 5.43. The van der Waals surface area contributed by atoms with Crippen LogP contribution >= 0.6 is 0 Å². The Labute approximate surface area is 96.3 Å². The van der Waals surface area contributed by atoms with Gasteiger partial charge in [-0.15, -0.1) is 6.58 Å². The van der Waals surface area contributed by atoms with Crippen molar-refractivity contribution in [3.05, 3.63) is 12.7 Å². The summed E-state index contributed by atoms with van der Waals surface area (Å²) in [4.78, 5) is 13.8. The summed E-state index contributed by atoms with van der Waals surface area (Å²) in [6.45, 7) is 8.24. The quantitative estimate of drug-likeness (QED) is 0.690. The van der Waals surface area contributed by atoms with E-state index >= 15 is 0 Å². The normalized spacial score (nSPS) is 22.7. The van der Waals surface area contributed by atoms with Crippen LogP contribution in [0.2, 0.25) is 0 Å². The average Bonchev–Trinajstić information content (AvgIpc) is 2.53. The van der Waals surface area contributed by atoms with Gasteiger partial charge in [-0.25, -0.2) is 4.39 Å². The number of carbonyl (C=O) groups excluding carboxylic acids is 1. The highest BCUT2D eigenvalue weighted by Crippen LogP contribution is 2.21.